The van der Waals surface area contributed by atoms with Crippen molar-refractivity contribution < 1.29 is 32.9 Å². The number of rotatable bonds is 6. The average Bonchev–Trinajstić information content (AvgIpc) is 3.13. The standard InChI is InChI=1S/C22H32F3N3O4/c23-22(24,25)15-2-1-3-17(12-15)27-6-8-28(9-7-27)20-18(32-19(14-29)21(20)30)13-26-16-4-10-31-11-5-16/h1-3,12,16,18-21,26,29-30H,4-11,13-14H2/t18-,19+,20-,21-/m1/s1. The SMILES string of the molecule is OC[C@@H]1O[C@H](CNC2CCOCC2)[C@@H](N2CCN(c3cccc(C(F)(F)F)c3)CC2)[C@@H]1O. The summed E-state index contributed by atoms with van der Waals surface area (Å²) < 4.78 is 50.6. The van der Waals surface area contributed by atoms with Gasteiger partial charge in [-0.15, -0.1) is 0 Å². The molecule has 3 saturated heterocycles. The number of aliphatic hydroxyl groups is 2. The van der Waals surface area contributed by atoms with E-state index in [1.807, 2.05) is 4.90 Å². The lowest BCUT2D eigenvalue weighted by Crippen LogP contribution is -2.57. The highest BCUT2D eigenvalue weighted by Gasteiger charge is 2.46. The van der Waals surface area contributed by atoms with Gasteiger partial charge in [-0.05, 0) is 31.0 Å². The first-order chi connectivity index (χ1) is 15.4. The highest BCUT2D eigenvalue weighted by Crippen LogP contribution is 2.32. The van der Waals surface area contributed by atoms with Gasteiger partial charge >= 0.3 is 6.18 Å². The lowest BCUT2D eigenvalue weighted by molar-refractivity contribution is -0.137. The third kappa shape index (κ3) is 5.37. The Labute approximate surface area is 186 Å². The van der Waals surface area contributed by atoms with E-state index in [4.69, 9.17) is 9.47 Å². The van der Waals surface area contributed by atoms with Crippen molar-refractivity contribution >= 4 is 5.69 Å². The van der Waals surface area contributed by atoms with Gasteiger partial charge in [0, 0.05) is 57.7 Å². The van der Waals surface area contributed by atoms with E-state index in [9.17, 15) is 23.4 Å². The Morgan fingerprint density at radius 3 is 2.44 bits per heavy atom. The molecule has 10 heteroatoms. The second-order valence-electron chi connectivity index (χ2n) is 8.74. The first-order valence-corrected chi connectivity index (χ1v) is 11.3. The minimum Gasteiger partial charge on any atom is -0.394 e. The predicted octanol–water partition coefficient (Wildman–Crippen LogP) is 1.09. The van der Waals surface area contributed by atoms with E-state index in [-0.39, 0.29) is 18.8 Å². The van der Waals surface area contributed by atoms with Crippen molar-refractivity contribution in [1.29, 1.82) is 0 Å². The van der Waals surface area contributed by atoms with Crippen LogP contribution in [0, 0.1) is 0 Å². The number of alkyl halides is 3. The van der Waals surface area contributed by atoms with E-state index in [2.05, 4.69) is 10.2 Å². The van der Waals surface area contributed by atoms with Crippen LogP contribution in [0.4, 0.5) is 18.9 Å². The lowest BCUT2D eigenvalue weighted by Gasteiger charge is -2.41. The maximum absolute atomic E-state index is 13.1. The van der Waals surface area contributed by atoms with Gasteiger partial charge in [0.05, 0.1) is 24.3 Å². The average molecular weight is 460 g/mol. The Balaban J connectivity index is 1.38. The van der Waals surface area contributed by atoms with Gasteiger partial charge in [0.25, 0.3) is 0 Å². The molecule has 0 amide bonds. The molecule has 3 N–H and O–H groups in total. The summed E-state index contributed by atoms with van der Waals surface area (Å²) in [5.74, 6) is 0. The van der Waals surface area contributed by atoms with Gasteiger partial charge in [0.1, 0.15) is 12.2 Å². The van der Waals surface area contributed by atoms with Crippen LogP contribution in [0.5, 0.6) is 0 Å². The van der Waals surface area contributed by atoms with E-state index in [1.165, 1.54) is 12.1 Å². The van der Waals surface area contributed by atoms with Crippen LogP contribution in [-0.2, 0) is 15.7 Å². The van der Waals surface area contributed by atoms with E-state index in [0.29, 0.717) is 44.5 Å². The number of nitrogens with one attached hydrogen (secondary N) is 1. The minimum atomic E-state index is -4.37. The van der Waals surface area contributed by atoms with Gasteiger partial charge < -0.3 is 29.9 Å². The molecular weight excluding hydrogens is 427 g/mol. The summed E-state index contributed by atoms with van der Waals surface area (Å²) in [4.78, 5) is 4.08. The molecule has 1 aromatic carbocycles. The number of hydrogen-bond acceptors (Lipinski definition) is 7. The Kier molecular flexibility index (Phi) is 7.58. The topological polar surface area (TPSA) is 77.4 Å². The van der Waals surface area contributed by atoms with E-state index < -0.39 is 23.9 Å². The van der Waals surface area contributed by atoms with Crippen molar-refractivity contribution in [3.8, 4) is 0 Å². The highest BCUT2D eigenvalue weighted by molar-refractivity contribution is 5.49. The molecule has 7 nitrogen and oxygen atoms in total. The summed E-state index contributed by atoms with van der Waals surface area (Å²) in [7, 11) is 0. The summed E-state index contributed by atoms with van der Waals surface area (Å²) in [5.41, 5.74) is -0.101. The monoisotopic (exact) mass is 459 g/mol. The molecule has 0 aromatic heterocycles. The first kappa shape index (κ1) is 23.7. The Bertz CT molecular complexity index is 739. The number of hydrogen-bond donors (Lipinski definition) is 3. The summed E-state index contributed by atoms with van der Waals surface area (Å²) in [6, 6.07) is 5.46. The zero-order valence-electron chi connectivity index (χ0n) is 18.0. The van der Waals surface area contributed by atoms with Gasteiger partial charge in [0.15, 0.2) is 0 Å². The van der Waals surface area contributed by atoms with Crippen LogP contribution in [0.25, 0.3) is 0 Å². The van der Waals surface area contributed by atoms with Crippen LogP contribution in [0.3, 0.4) is 0 Å². The maximum Gasteiger partial charge on any atom is 0.416 e. The number of halogens is 3. The number of piperazine rings is 1. The number of anilines is 1. The Morgan fingerprint density at radius 1 is 1.06 bits per heavy atom. The van der Waals surface area contributed by atoms with Crippen LogP contribution in [0.2, 0.25) is 0 Å². The maximum atomic E-state index is 13.1. The Hall–Kier alpha value is -1.43. The summed E-state index contributed by atoms with van der Waals surface area (Å²) in [5, 5.41) is 23.9. The molecule has 0 saturated carbocycles. The third-order valence-electron chi connectivity index (χ3n) is 6.74. The van der Waals surface area contributed by atoms with Gasteiger partial charge in [0.2, 0.25) is 0 Å². The number of benzene rings is 1. The molecule has 0 aliphatic carbocycles. The molecule has 3 aliphatic heterocycles. The molecule has 1 aromatic rings. The largest absolute Gasteiger partial charge is 0.416 e. The van der Waals surface area contributed by atoms with Gasteiger partial charge in [-0.25, -0.2) is 0 Å². The van der Waals surface area contributed by atoms with Gasteiger partial charge in [-0.3, -0.25) is 4.90 Å². The molecule has 3 heterocycles. The summed E-state index contributed by atoms with van der Waals surface area (Å²) in [6.45, 7) is 4.05. The molecule has 180 valence electrons. The van der Waals surface area contributed by atoms with Crippen molar-refractivity contribution in [1.82, 2.24) is 10.2 Å². The second kappa shape index (κ2) is 10.2. The summed E-state index contributed by atoms with van der Waals surface area (Å²) in [6.07, 6.45) is -4.24. The number of nitrogens with zero attached hydrogens (tertiary/aromatic N) is 2. The zero-order chi connectivity index (χ0) is 22.7. The second-order valence-corrected chi connectivity index (χ2v) is 8.74. The van der Waals surface area contributed by atoms with Gasteiger partial charge in [-0.1, -0.05) is 6.07 Å². The van der Waals surface area contributed by atoms with Crippen LogP contribution in [-0.4, -0.2) is 98.1 Å². The smallest absolute Gasteiger partial charge is 0.394 e. The quantitative estimate of drug-likeness (QED) is 0.588. The van der Waals surface area contributed by atoms with E-state index in [0.717, 1.165) is 32.1 Å². The molecule has 0 unspecified atom stereocenters. The Morgan fingerprint density at radius 2 is 1.78 bits per heavy atom. The van der Waals surface area contributed by atoms with Crippen molar-refractivity contribution in [2.45, 2.75) is 49.4 Å². The highest BCUT2D eigenvalue weighted by atomic mass is 19.4. The molecule has 4 rings (SSSR count). The normalized spacial score (nSPS) is 30.7. The molecule has 0 radical (unpaired) electrons. The molecule has 0 spiro atoms. The van der Waals surface area contributed by atoms with Crippen LogP contribution >= 0.6 is 0 Å². The third-order valence-corrected chi connectivity index (χ3v) is 6.74. The predicted molar refractivity (Wildman–Crippen MR) is 113 cm³/mol. The van der Waals surface area contributed by atoms with Crippen LogP contribution in [0.1, 0.15) is 18.4 Å². The minimum absolute atomic E-state index is 0.254. The van der Waals surface area contributed by atoms with Crippen molar-refractivity contribution in [2.24, 2.45) is 0 Å². The molecule has 0 bridgehead atoms. The molecule has 4 atom stereocenters. The molecule has 3 fully saturated rings. The molecule has 3 aliphatic rings. The number of aliphatic hydroxyl groups excluding tert-OH is 2. The fourth-order valence-electron chi connectivity index (χ4n) is 4.94. The van der Waals surface area contributed by atoms with Crippen LogP contribution < -0.4 is 10.2 Å². The fourth-order valence-corrected chi connectivity index (χ4v) is 4.94. The fraction of sp³-hybridized carbons (Fsp3) is 0.727. The lowest BCUT2D eigenvalue weighted by atomic mass is 10.0. The zero-order valence-corrected chi connectivity index (χ0v) is 18.0. The van der Waals surface area contributed by atoms with E-state index in [1.54, 1.807) is 6.07 Å². The van der Waals surface area contributed by atoms with Crippen molar-refractivity contribution in [3.63, 3.8) is 0 Å². The molecule has 32 heavy (non-hydrogen) atoms. The summed E-state index contributed by atoms with van der Waals surface area (Å²) >= 11 is 0. The van der Waals surface area contributed by atoms with Crippen molar-refractivity contribution in [3.05, 3.63) is 29.8 Å². The van der Waals surface area contributed by atoms with Crippen LogP contribution in [0.15, 0.2) is 24.3 Å². The first-order valence-electron chi connectivity index (χ1n) is 11.3. The number of ether oxygens (including phenoxy) is 2. The van der Waals surface area contributed by atoms with E-state index >= 15 is 0 Å². The van der Waals surface area contributed by atoms with Crippen molar-refractivity contribution in [2.75, 3.05) is 57.4 Å². The molecular formula is C22H32F3N3O4. The van der Waals surface area contributed by atoms with Gasteiger partial charge in [-0.2, -0.15) is 13.2 Å².